The summed E-state index contributed by atoms with van der Waals surface area (Å²) in [6, 6.07) is 15.8. The highest BCUT2D eigenvalue weighted by Gasteiger charge is 2.29. The van der Waals surface area contributed by atoms with Gasteiger partial charge in [-0.3, -0.25) is 9.59 Å². The zero-order valence-corrected chi connectivity index (χ0v) is 14.9. The minimum absolute atomic E-state index is 0.0861. The van der Waals surface area contributed by atoms with Crippen molar-refractivity contribution in [2.75, 3.05) is 26.2 Å². The second kappa shape index (κ2) is 8.13. The Morgan fingerprint density at radius 2 is 1.50 bits per heavy atom. The van der Waals surface area contributed by atoms with Crippen LogP contribution in [0.15, 0.2) is 54.6 Å². The minimum Gasteiger partial charge on any atom is -0.339 e. The number of rotatable bonds is 4. The van der Waals surface area contributed by atoms with Crippen LogP contribution in [-0.4, -0.2) is 47.8 Å². The Morgan fingerprint density at radius 3 is 2.12 bits per heavy atom. The molecule has 136 valence electrons. The van der Waals surface area contributed by atoms with E-state index in [1.165, 1.54) is 12.1 Å². The molecule has 1 atom stereocenters. The molecule has 26 heavy (non-hydrogen) atoms. The lowest BCUT2D eigenvalue weighted by Crippen LogP contribution is -2.51. The van der Waals surface area contributed by atoms with Gasteiger partial charge in [0.1, 0.15) is 5.82 Å². The van der Waals surface area contributed by atoms with E-state index in [-0.39, 0.29) is 23.3 Å². The highest BCUT2D eigenvalue weighted by atomic mass is 19.1. The van der Waals surface area contributed by atoms with E-state index in [4.69, 9.17) is 0 Å². The first-order valence-corrected chi connectivity index (χ1v) is 8.99. The van der Waals surface area contributed by atoms with Gasteiger partial charge in [0.25, 0.3) is 5.91 Å². The lowest BCUT2D eigenvalue weighted by Gasteiger charge is -2.36. The first-order valence-electron chi connectivity index (χ1n) is 8.99. The molecular weight excluding hydrogens is 331 g/mol. The van der Waals surface area contributed by atoms with Crippen LogP contribution in [0.4, 0.5) is 4.39 Å². The summed E-state index contributed by atoms with van der Waals surface area (Å²) < 4.78 is 13.8. The number of halogens is 1. The van der Waals surface area contributed by atoms with Gasteiger partial charge in [-0.15, -0.1) is 0 Å². The third-order valence-corrected chi connectivity index (χ3v) is 4.89. The summed E-state index contributed by atoms with van der Waals surface area (Å²) in [6.07, 6.45) is 0.733. The predicted molar refractivity (Wildman–Crippen MR) is 98.4 cm³/mol. The van der Waals surface area contributed by atoms with Gasteiger partial charge in [0, 0.05) is 26.2 Å². The molecule has 2 amide bonds. The van der Waals surface area contributed by atoms with Crippen molar-refractivity contribution < 1.29 is 14.0 Å². The minimum atomic E-state index is -0.508. The molecule has 2 aromatic carbocycles. The lowest BCUT2D eigenvalue weighted by molar-refractivity contribution is -0.134. The number of carbonyl (C=O) groups excluding carboxylic acids is 2. The van der Waals surface area contributed by atoms with E-state index in [1.54, 1.807) is 17.0 Å². The molecule has 1 aliphatic rings. The van der Waals surface area contributed by atoms with Crippen molar-refractivity contribution in [3.8, 4) is 0 Å². The molecular formula is C21H23FN2O2. The lowest BCUT2D eigenvalue weighted by atomic mass is 9.95. The van der Waals surface area contributed by atoms with E-state index >= 15 is 0 Å². The Hall–Kier alpha value is -2.69. The third-order valence-electron chi connectivity index (χ3n) is 4.89. The Bertz CT molecular complexity index is 771. The summed E-state index contributed by atoms with van der Waals surface area (Å²) >= 11 is 0. The molecule has 1 fully saturated rings. The highest BCUT2D eigenvalue weighted by Crippen LogP contribution is 2.23. The maximum Gasteiger partial charge on any atom is 0.256 e. The average molecular weight is 354 g/mol. The molecule has 0 spiro atoms. The second-order valence-electron chi connectivity index (χ2n) is 6.47. The van der Waals surface area contributed by atoms with Gasteiger partial charge in [-0.05, 0) is 24.1 Å². The highest BCUT2D eigenvalue weighted by molar-refractivity contribution is 5.94. The van der Waals surface area contributed by atoms with Crippen molar-refractivity contribution in [2.45, 2.75) is 19.3 Å². The largest absolute Gasteiger partial charge is 0.339 e. The number of carbonyl (C=O) groups is 2. The average Bonchev–Trinajstić information content (AvgIpc) is 2.69. The monoisotopic (exact) mass is 354 g/mol. The Balaban J connectivity index is 1.64. The third kappa shape index (κ3) is 3.77. The van der Waals surface area contributed by atoms with Gasteiger partial charge in [0.2, 0.25) is 5.91 Å². The maximum atomic E-state index is 13.8. The molecule has 0 bridgehead atoms. The van der Waals surface area contributed by atoms with Crippen molar-refractivity contribution >= 4 is 11.8 Å². The van der Waals surface area contributed by atoms with Crippen LogP contribution in [0, 0.1) is 5.82 Å². The molecule has 1 saturated heterocycles. The molecule has 5 heteroatoms. The van der Waals surface area contributed by atoms with Crippen LogP contribution in [0.3, 0.4) is 0 Å². The topological polar surface area (TPSA) is 40.6 Å². The fraction of sp³-hybridized carbons (Fsp3) is 0.333. The molecule has 0 saturated carbocycles. The van der Waals surface area contributed by atoms with Crippen molar-refractivity contribution in [2.24, 2.45) is 0 Å². The Morgan fingerprint density at radius 1 is 0.923 bits per heavy atom. The van der Waals surface area contributed by atoms with Crippen LogP contribution in [0.5, 0.6) is 0 Å². The first-order chi connectivity index (χ1) is 12.6. The zero-order valence-electron chi connectivity index (χ0n) is 14.9. The standard InChI is InChI=1S/C21H23FN2O2/c1-2-17(16-8-4-3-5-9-16)20(25)23-12-14-24(15-13-23)21(26)18-10-6-7-11-19(18)22/h3-11,17H,2,12-15H2,1H3/t17-/m0/s1. The Labute approximate surface area is 153 Å². The van der Waals surface area contributed by atoms with Crippen LogP contribution in [0.1, 0.15) is 35.2 Å². The number of hydrogen-bond donors (Lipinski definition) is 0. The van der Waals surface area contributed by atoms with Crippen molar-refractivity contribution in [3.05, 3.63) is 71.5 Å². The quantitative estimate of drug-likeness (QED) is 0.845. The Kier molecular flexibility index (Phi) is 5.66. The number of amides is 2. The molecule has 0 aliphatic carbocycles. The molecule has 0 radical (unpaired) electrons. The molecule has 0 aromatic heterocycles. The normalized spacial score (nSPS) is 15.6. The summed E-state index contributed by atoms with van der Waals surface area (Å²) in [5.74, 6) is -0.891. The number of hydrogen-bond acceptors (Lipinski definition) is 2. The summed E-state index contributed by atoms with van der Waals surface area (Å²) in [5.41, 5.74) is 1.10. The van der Waals surface area contributed by atoms with Gasteiger partial charge in [0.15, 0.2) is 0 Å². The molecule has 2 aromatic rings. The summed E-state index contributed by atoms with van der Waals surface area (Å²) in [5, 5.41) is 0. The van der Waals surface area contributed by atoms with Gasteiger partial charge in [-0.1, -0.05) is 49.4 Å². The fourth-order valence-corrected chi connectivity index (χ4v) is 3.39. The zero-order chi connectivity index (χ0) is 18.5. The molecule has 0 unspecified atom stereocenters. The number of nitrogens with zero attached hydrogens (tertiary/aromatic N) is 2. The number of benzene rings is 2. The molecule has 0 N–H and O–H groups in total. The number of piperazine rings is 1. The van der Waals surface area contributed by atoms with Gasteiger partial charge >= 0.3 is 0 Å². The smallest absolute Gasteiger partial charge is 0.256 e. The second-order valence-corrected chi connectivity index (χ2v) is 6.47. The molecule has 4 nitrogen and oxygen atoms in total. The summed E-state index contributed by atoms with van der Waals surface area (Å²) in [7, 11) is 0. The molecule has 3 rings (SSSR count). The summed E-state index contributed by atoms with van der Waals surface area (Å²) in [6.45, 7) is 3.80. The van der Waals surface area contributed by atoms with E-state index < -0.39 is 5.82 Å². The van der Waals surface area contributed by atoms with E-state index in [0.717, 1.165) is 12.0 Å². The van der Waals surface area contributed by atoms with Crippen LogP contribution < -0.4 is 0 Å². The SMILES string of the molecule is CC[C@H](C(=O)N1CCN(C(=O)c2ccccc2F)CC1)c1ccccc1. The van der Waals surface area contributed by atoms with Gasteiger partial charge in [0.05, 0.1) is 11.5 Å². The van der Waals surface area contributed by atoms with Crippen molar-refractivity contribution in [3.63, 3.8) is 0 Å². The maximum absolute atomic E-state index is 13.8. The van der Waals surface area contributed by atoms with Gasteiger partial charge in [-0.2, -0.15) is 0 Å². The van der Waals surface area contributed by atoms with Crippen LogP contribution in [0.2, 0.25) is 0 Å². The van der Waals surface area contributed by atoms with E-state index in [9.17, 15) is 14.0 Å². The van der Waals surface area contributed by atoms with Crippen LogP contribution in [-0.2, 0) is 4.79 Å². The van der Waals surface area contributed by atoms with E-state index in [2.05, 4.69) is 0 Å². The summed E-state index contributed by atoms with van der Waals surface area (Å²) in [4.78, 5) is 28.8. The van der Waals surface area contributed by atoms with Gasteiger partial charge < -0.3 is 9.80 Å². The van der Waals surface area contributed by atoms with Crippen molar-refractivity contribution in [1.29, 1.82) is 0 Å². The van der Waals surface area contributed by atoms with Crippen LogP contribution >= 0.6 is 0 Å². The van der Waals surface area contributed by atoms with E-state index in [0.29, 0.717) is 26.2 Å². The molecule has 1 aliphatic heterocycles. The van der Waals surface area contributed by atoms with Crippen molar-refractivity contribution in [1.82, 2.24) is 9.80 Å². The van der Waals surface area contributed by atoms with E-state index in [1.807, 2.05) is 42.2 Å². The van der Waals surface area contributed by atoms with Crippen LogP contribution in [0.25, 0.3) is 0 Å². The predicted octanol–water partition coefficient (Wildman–Crippen LogP) is 3.30. The fourth-order valence-electron chi connectivity index (χ4n) is 3.39. The molecule has 1 heterocycles. The first kappa shape index (κ1) is 18.1. The van der Waals surface area contributed by atoms with Gasteiger partial charge in [-0.25, -0.2) is 4.39 Å².